The highest BCUT2D eigenvalue weighted by Crippen LogP contribution is 2.30. The van der Waals surface area contributed by atoms with Gasteiger partial charge in [0.05, 0.1) is 17.9 Å². The van der Waals surface area contributed by atoms with Gasteiger partial charge < -0.3 is 9.73 Å². The molecule has 0 aliphatic heterocycles. The van der Waals surface area contributed by atoms with E-state index in [9.17, 15) is 4.79 Å². The summed E-state index contributed by atoms with van der Waals surface area (Å²) in [4.78, 5) is 20.5. The molecule has 29 heavy (non-hydrogen) atoms. The highest BCUT2D eigenvalue weighted by atomic mass is 35.5. The molecule has 11 heteroatoms. The van der Waals surface area contributed by atoms with Gasteiger partial charge in [-0.25, -0.2) is 19.4 Å². The molecule has 0 fully saturated rings. The second-order valence-electron chi connectivity index (χ2n) is 6.21. The summed E-state index contributed by atoms with van der Waals surface area (Å²) in [5.74, 6) is 0.456. The van der Waals surface area contributed by atoms with E-state index in [0.29, 0.717) is 17.2 Å². The van der Waals surface area contributed by atoms with Crippen molar-refractivity contribution in [1.82, 2.24) is 25.2 Å². The fourth-order valence-electron chi connectivity index (χ4n) is 2.92. The maximum Gasteiger partial charge on any atom is 0.337 e. The summed E-state index contributed by atoms with van der Waals surface area (Å²) >= 11 is 11.7. The Kier molecular flexibility index (Phi) is 4.99. The van der Waals surface area contributed by atoms with Gasteiger partial charge in [-0.05, 0) is 36.8 Å². The average Bonchev–Trinajstić information content (AvgIpc) is 3.28. The van der Waals surface area contributed by atoms with Crippen LogP contribution in [0.5, 0.6) is 0 Å². The van der Waals surface area contributed by atoms with E-state index in [1.165, 1.54) is 12.1 Å². The number of fused-ring (bicyclic) bond motifs is 1. The van der Waals surface area contributed by atoms with Crippen molar-refractivity contribution in [2.45, 2.75) is 6.92 Å². The van der Waals surface area contributed by atoms with Gasteiger partial charge in [-0.15, -0.1) is 0 Å². The molecule has 4 heterocycles. The highest BCUT2D eigenvalue weighted by molar-refractivity contribution is 6.33. The van der Waals surface area contributed by atoms with Gasteiger partial charge in [0.2, 0.25) is 0 Å². The highest BCUT2D eigenvalue weighted by Gasteiger charge is 2.16. The lowest BCUT2D eigenvalue weighted by Gasteiger charge is -2.11. The Bertz CT molecular complexity index is 1180. The van der Waals surface area contributed by atoms with Gasteiger partial charge in [-0.3, -0.25) is 10.9 Å². The molecular weight excluding hydrogens is 417 g/mol. The molecule has 4 aromatic heterocycles. The molecule has 0 unspecified atom stereocenters. The third-order valence-corrected chi connectivity index (χ3v) is 4.50. The Morgan fingerprint density at radius 1 is 1.17 bits per heavy atom. The van der Waals surface area contributed by atoms with Crippen LogP contribution in [0.1, 0.15) is 5.56 Å². The van der Waals surface area contributed by atoms with Crippen molar-refractivity contribution in [3.63, 3.8) is 0 Å². The Morgan fingerprint density at radius 3 is 2.62 bits per heavy atom. The molecular formula is C18H15Cl2N7O2. The van der Waals surface area contributed by atoms with E-state index >= 15 is 0 Å². The normalized spacial score (nSPS) is 10.9. The first-order valence-electron chi connectivity index (χ1n) is 8.44. The van der Waals surface area contributed by atoms with Gasteiger partial charge in [0, 0.05) is 18.3 Å². The number of rotatable bonds is 4. The number of carbonyl (C=O) groups is 1. The van der Waals surface area contributed by atoms with Crippen molar-refractivity contribution >= 4 is 51.8 Å². The Morgan fingerprint density at radius 2 is 1.93 bits per heavy atom. The largest absolute Gasteiger partial charge is 0.472 e. The number of carbonyl (C=O) groups excluding carboxylic acids is 1. The van der Waals surface area contributed by atoms with Crippen LogP contribution in [0.25, 0.3) is 22.3 Å². The summed E-state index contributed by atoms with van der Waals surface area (Å²) in [5, 5.41) is 8.40. The molecule has 0 radical (unpaired) electrons. The second-order valence-corrected chi connectivity index (χ2v) is 6.99. The van der Waals surface area contributed by atoms with Crippen molar-refractivity contribution in [3.05, 3.63) is 52.7 Å². The summed E-state index contributed by atoms with van der Waals surface area (Å²) in [6.45, 7) is 1.95. The van der Waals surface area contributed by atoms with E-state index in [2.05, 4.69) is 31.2 Å². The van der Waals surface area contributed by atoms with E-state index in [-0.39, 0.29) is 10.3 Å². The molecule has 2 amide bonds. The monoisotopic (exact) mass is 431 g/mol. The number of aromatic nitrogens is 4. The number of hydrazine groups is 1. The Balaban J connectivity index is 1.53. The number of furan rings is 1. The molecule has 9 nitrogen and oxygen atoms in total. The number of anilines is 2. The van der Waals surface area contributed by atoms with Crippen LogP contribution >= 0.6 is 23.2 Å². The summed E-state index contributed by atoms with van der Waals surface area (Å²) < 4.78 is 6.84. The van der Waals surface area contributed by atoms with Crippen LogP contribution in [0.3, 0.4) is 0 Å². The van der Waals surface area contributed by atoms with Crippen LogP contribution in [0.2, 0.25) is 10.3 Å². The minimum absolute atomic E-state index is 0.174. The number of halogens is 2. The summed E-state index contributed by atoms with van der Waals surface area (Å²) in [7, 11) is 1.80. The van der Waals surface area contributed by atoms with E-state index in [1.807, 2.05) is 19.1 Å². The Labute approximate surface area is 175 Å². The number of hydrogen-bond donors (Lipinski definition) is 3. The standard InChI is InChI=1S/C18H15Cl2N7O2/c1-9-5-14(24-25-18(28)21-11-6-12(19)22-13(20)7-11)23-17-15(9)16(26-27(17)2)10-3-4-29-8-10/h3-8H,1-2H3,(H,23,24)(H2,21,22,25,28). The van der Waals surface area contributed by atoms with E-state index in [1.54, 1.807) is 24.3 Å². The van der Waals surface area contributed by atoms with Crippen molar-refractivity contribution in [3.8, 4) is 11.3 Å². The fourth-order valence-corrected chi connectivity index (χ4v) is 3.38. The molecule has 4 aromatic rings. The zero-order valence-corrected chi connectivity index (χ0v) is 16.8. The predicted molar refractivity (Wildman–Crippen MR) is 111 cm³/mol. The van der Waals surface area contributed by atoms with Crippen molar-refractivity contribution in [1.29, 1.82) is 0 Å². The molecule has 3 N–H and O–H groups in total. The van der Waals surface area contributed by atoms with E-state index in [0.717, 1.165) is 22.2 Å². The van der Waals surface area contributed by atoms with Gasteiger partial charge in [0.15, 0.2) is 5.65 Å². The zero-order valence-electron chi connectivity index (χ0n) is 15.3. The van der Waals surface area contributed by atoms with Crippen molar-refractivity contribution in [2.24, 2.45) is 7.05 Å². The van der Waals surface area contributed by atoms with E-state index < -0.39 is 6.03 Å². The molecule has 0 aliphatic rings. The first-order valence-corrected chi connectivity index (χ1v) is 9.19. The lowest BCUT2D eigenvalue weighted by Crippen LogP contribution is -2.34. The summed E-state index contributed by atoms with van der Waals surface area (Å²) in [6.07, 6.45) is 3.23. The first kappa shape index (κ1) is 19.0. The third-order valence-electron chi connectivity index (χ3n) is 4.11. The number of hydrogen-bond acceptors (Lipinski definition) is 6. The number of amides is 2. The van der Waals surface area contributed by atoms with Crippen LogP contribution in [-0.2, 0) is 7.05 Å². The SMILES string of the molecule is Cc1cc(NNC(=O)Nc2cc(Cl)nc(Cl)c2)nc2c1c(-c1ccoc1)nn2C. The van der Waals surface area contributed by atoms with Crippen molar-refractivity contribution in [2.75, 3.05) is 10.7 Å². The smallest absolute Gasteiger partial charge is 0.337 e. The molecule has 0 bridgehead atoms. The van der Waals surface area contributed by atoms with Crippen LogP contribution in [0, 0.1) is 6.92 Å². The quantitative estimate of drug-likeness (QED) is 0.326. The maximum absolute atomic E-state index is 12.1. The predicted octanol–water partition coefficient (Wildman–Crippen LogP) is 4.39. The van der Waals surface area contributed by atoms with Gasteiger partial charge in [0.1, 0.15) is 21.8 Å². The number of pyridine rings is 2. The first-order chi connectivity index (χ1) is 13.9. The topological polar surface area (TPSA) is 110 Å². The molecule has 0 spiro atoms. The van der Waals surface area contributed by atoms with Crippen LogP contribution in [0.15, 0.2) is 41.2 Å². The number of nitrogens with one attached hydrogen (secondary N) is 3. The summed E-state index contributed by atoms with van der Waals surface area (Å²) in [6, 6.07) is 6.10. The molecule has 0 aliphatic carbocycles. The average molecular weight is 432 g/mol. The molecule has 0 atom stereocenters. The van der Waals surface area contributed by atoms with Crippen LogP contribution in [-0.4, -0.2) is 25.8 Å². The minimum Gasteiger partial charge on any atom is -0.472 e. The molecule has 0 saturated heterocycles. The van der Waals surface area contributed by atoms with Gasteiger partial charge in [-0.2, -0.15) is 5.10 Å². The second kappa shape index (κ2) is 7.61. The van der Waals surface area contributed by atoms with Gasteiger partial charge >= 0.3 is 6.03 Å². The fraction of sp³-hybridized carbons (Fsp3) is 0.111. The number of urea groups is 1. The van der Waals surface area contributed by atoms with E-state index in [4.69, 9.17) is 27.6 Å². The molecule has 4 rings (SSSR count). The third kappa shape index (κ3) is 3.96. The minimum atomic E-state index is -0.521. The molecule has 0 saturated carbocycles. The summed E-state index contributed by atoms with van der Waals surface area (Å²) in [5.41, 5.74) is 8.97. The Hall–Kier alpha value is -3.30. The number of nitrogens with zero attached hydrogens (tertiary/aromatic N) is 4. The lowest BCUT2D eigenvalue weighted by atomic mass is 10.1. The number of aryl methyl sites for hydroxylation is 2. The van der Waals surface area contributed by atoms with Crippen LogP contribution in [0.4, 0.5) is 16.3 Å². The maximum atomic E-state index is 12.1. The van der Waals surface area contributed by atoms with Crippen molar-refractivity contribution < 1.29 is 9.21 Å². The lowest BCUT2D eigenvalue weighted by molar-refractivity contribution is 0.254. The molecule has 148 valence electrons. The van der Waals surface area contributed by atoms with Gasteiger partial charge in [-0.1, -0.05) is 23.2 Å². The molecule has 0 aromatic carbocycles. The zero-order chi connectivity index (χ0) is 20.5. The van der Waals surface area contributed by atoms with Crippen LogP contribution < -0.4 is 16.2 Å². The van der Waals surface area contributed by atoms with Gasteiger partial charge in [0.25, 0.3) is 0 Å².